The van der Waals surface area contributed by atoms with E-state index in [1.807, 2.05) is 71.0 Å². The Hall–Kier alpha value is -3.84. The van der Waals surface area contributed by atoms with E-state index in [-0.39, 0.29) is 0 Å². The minimum atomic E-state index is 0.295. The molecule has 2 aromatic heterocycles. The van der Waals surface area contributed by atoms with Crippen molar-refractivity contribution in [3.8, 4) is 17.2 Å². The lowest BCUT2D eigenvalue weighted by Crippen LogP contribution is -1.86. The lowest BCUT2D eigenvalue weighted by Gasteiger charge is -2.06. The van der Waals surface area contributed by atoms with Gasteiger partial charge in [-0.05, 0) is 122 Å². The number of phenolic OH excluding ortho intramolecular Hbond substituents is 3. The van der Waals surface area contributed by atoms with Crippen LogP contribution in [0, 0.1) is 34.6 Å². The number of hydrogen-bond acceptors (Lipinski definition) is 6. The molecule has 3 aromatic carbocycles. The van der Waals surface area contributed by atoms with E-state index in [2.05, 4.69) is 25.9 Å². The Kier molecular flexibility index (Phi) is 8.37. The van der Waals surface area contributed by atoms with E-state index in [1.54, 1.807) is 24.3 Å². The van der Waals surface area contributed by atoms with E-state index in [1.165, 1.54) is 0 Å². The maximum Gasteiger partial charge on any atom is 0.133 e. The molecule has 0 atom stereocenters. The normalized spacial score (nSPS) is 10.4. The minimum Gasteiger partial charge on any atom is -0.508 e. The summed E-state index contributed by atoms with van der Waals surface area (Å²) in [7, 11) is 0. The van der Waals surface area contributed by atoms with Crippen LogP contribution in [-0.2, 0) is 0 Å². The summed E-state index contributed by atoms with van der Waals surface area (Å²) in [5, 5.41) is 30.1. The maximum atomic E-state index is 9.70. The molecular formula is C29H30BrN3O3. The molecule has 0 radical (unpaired) electrons. The van der Waals surface area contributed by atoms with Crippen molar-refractivity contribution in [2.75, 3.05) is 5.73 Å². The Morgan fingerprint density at radius 3 is 1.86 bits per heavy atom. The van der Waals surface area contributed by atoms with Crippen molar-refractivity contribution in [2.45, 2.75) is 34.6 Å². The van der Waals surface area contributed by atoms with Crippen molar-refractivity contribution in [3.05, 3.63) is 93.2 Å². The maximum absolute atomic E-state index is 9.70. The number of hydrogen-bond donors (Lipinski definition) is 4. The average Bonchev–Trinajstić information content (AvgIpc) is 2.82. The second-order valence-corrected chi connectivity index (χ2v) is 9.50. The van der Waals surface area contributed by atoms with Crippen LogP contribution in [0.3, 0.4) is 0 Å². The number of aromatic hydroxyl groups is 3. The second kappa shape index (κ2) is 11.3. The summed E-state index contributed by atoms with van der Waals surface area (Å²) >= 11 is 3.37. The molecule has 5 aromatic rings. The van der Waals surface area contributed by atoms with Crippen LogP contribution in [0.1, 0.15) is 28.1 Å². The lowest BCUT2D eigenvalue weighted by molar-refractivity contribution is 0.468. The molecular weight excluding hydrogens is 518 g/mol. The number of nitrogens with two attached hydrogens (primary N) is 1. The van der Waals surface area contributed by atoms with Gasteiger partial charge in [-0.25, -0.2) is 0 Å². The topological polar surface area (TPSA) is 112 Å². The Labute approximate surface area is 219 Å². The summed E-state index contributed by atoms with van der Waals surface area (Å²) in [6.45, 7) is 9.46. The fourth-order valence-electron chi connectivity index (χ4n) is 3.49. The first-order valence-electron chi connectivity index (χ1n) is 11.3. The zero-order chi connectivity index (χ0) is 26.6. The van der Waals surface area contributed by atoms with E-state index < -0.39 is 0 Å². The van der Waals surface area contributed by atoms with E-state index >= 15 is 0 Å². The summed E-state index contributed by atoms with van der Waals surface area (Å²) in [5.74, 6) is 0.922. The number of halogens is 1. The number of rotatable bonds is 0. The van der Waals surface area contributed by atoms with Gasteiger partial charge in [0.2, 0.25) is 0 Å². The Bertz CT molecular complexity index is 1550. The summed E-state index contributed by atoms with van der Waals surface area (Å²) in [6.07, 6.45) is 0. The molecule has 0 fully saturated rings. The average molecular weight is 548 g/mol. The van der Waals surface area contributed by atoms with Crippen molar-refractivity contribution < 1.29 is 15.3 Å². The Morgan fingerprint density at radius 1 is 0.639 bits per heavy atom. The van der Waals surface area contributed by atoms with Crippen molar-refractivity contribution in [1.82, 2.24) is 9.97 Å². The number of nitrogen functional groups attached to an aromatic ring is 1. The lowest BCUT2D eigenvalue weighted by atomic mass is 10.1. The molecule has 0 spiro atoms. The van der Waals surface area contributed by atoms with Crippen LogP contribution in [-0.4, -0.2) is 25.3 Å². The number of aromatic nitrogens is 2. The van der Waals surface area contributed by atoms with Gasteiger partial charge in [-0.2, -0.15) is 0 Å². The van der Waals surface area contributed by atoms with Crippen molar-refractivity contribution in [3.63, 3.8) is 0 Å². The van der Waals surface area contributed by atoms with Crippen molar-refractivity contribution >= 4 is 43.4 Å². The van der Waals surface area contributed by atoms with Gasteiger partial charge < -0.3 is 21.1 Å². The van der Waals surface area contributed by atoms with Gasteiger partial charge in [-0.1, -0.05) is 6.07 Å². The molecule has 186 valence electrons. The summed E-state index contributed by atoms with van der Waals surface area (Å²) in [6, 6.07) is 18.3. The number of benzene rings is 3. The molecule has 0 bridgehead atoms. The van der Waals surface area contributed by atoms with Crippen LogP contribution in [0.5, 0.6) is 17.2 Å². The molecule has 5 rings (SSSR count). The monoisotopic (exact) mass is 547 g/mol. The number of anilines is 1. The second-order valence-electron chi connectivity index (χ2n) is 8.71. The van der Waals surface area contributed by atoms with E-state index in [0.29, 0.717) is 22.9 Å². The van der Waals surface area contributed by atoms with Crippen LogP contribution in [0.2, 0.25) is 0 Å². The molecule has 7 heteroatoms. The molecule has 0 aliphatic rings. The standard InChI is InChI=1S/C11H10BrNO.C11H11NO.C7H9NO/c1-6-5-9-8(10(12)11(6)14)4-3-7(2)13-9;1-7-5-10-9(6-11(7)13)4-3-8(2)12-10;1-5-4-6(8)2-3-7(5)9/h3-5,14H,1-2H3;3-6,13H,1-2H3;2-4,9H,8H2,1H3. The first kappa shape index (κ1) is 26.8. The smallest absolute Gasteiger partial charge is 0.133 e. The van der Waals surface area contributed by atoms with Gasteiger partial charge in [0.15, 0.2) is 0 Å². The first-order valence-corrected chi connectivity index (χ1v) is 12.1. The van der Waals surface area contributed by atoms with Crippen molar-refractivity contribution in [2.24, 2.45) is 0 Å². The highest BCUT2D eigenvalue weighted by Gasteiger charge is 2.08. The van der Waals surface area contributed by atoms with Gasteiger partial charge >= 0.3 is 0 Å². The molecule has 0 amide bonds. The quantitative estimate of drug-likeness (QED) is 0.121. The molecule has 6 nitrogen and oxygen atoms in total. The summed E-state index contributed by atoms with van der Waals surface area (Å²) < 4.78 is 0.722. The van der Waals surface area contributed by atoms with Gasteiger partial charge in [0, 0.05) is 27.8 Å². The van der Waals surface area contributed by atoms with Crippen LogP contribution in [0.25, 0.3) is 21.8 Å². The predicted molar refractivity (Wildman–Crippen MR) is 151 cm³/mol. The molecule has 0 aliphatic heterocycles. The van der Waals surface area contributed by atoms with Gasteiger partial charge in [0.1, 0.15) is 17.2 Å². The molecule has 0 unspecified atom stereocenters. The van der Waals surface area contributed by atoms with Gasteiger partial charge in [-0.3, -0.25) is 9.97 Å². The van der Waals surface area contributed by atoms with E-state index in [0.717, 1.165) is 54.4 Å². The molecule has 0 saturated heterocycles. The van der Waals surface area contributed by atoms with E-state index in [4.69, 9.17) is 10.8 Å². The third kappa shape index (κ3) is 6.43. The third-order valence-electron chi connectivity index (χ3n) is 5.60. The number of phenols is 3. The summed E-state index contributed by atoms with van der Waals surface area (Å²) in [5.41, 5.74) is 12.4. The highest BCUT2D eigenvalue weighted by Crippen LogP contribution is 2.34. The summed E-state index contributed by atoms with van der Waals surface area (Å²) in [4.78, 5) is 8.76. The molecule has 0 saturated carbocycles. The fourth-order valence-corrected chi connectivity index (χ4v) is 4.14. The third-order valence-corrected chi connectivity index (χ3v) is 6.40. The number of aryl methyl sites for hydroxylation is 5. The van der Waals surface area contributed by atoms with Crippen LogP contribution >= 0.6 is 15.9 Å². The highest BCUT2D eigenvalue weighted by molar-refractivity contribution is 9.10. The zero-order valence-electron chi connectivity index (χ0n) is 21.0. The van der Waals surface area contributed by atoms with Gasteiger partial charge in [0.05, 0.1) is 15.5 Å². The molecule has 0 aliphatic carbocycles. The van der Waals surface area contributed by atoms with E-state index in [9.17, 15) is 10.2 Å². The first-order chi connectivity index (χ1) is 17.0. The fraction of sp³-hybridized carbons (Fsp3) is 0.172. The number of pyridine rings is 2. The number of fused-ring (bicyclic) bond motifs is 2. The Balaban J connectivity index is 0.000000154. The predicted octanol–water partition coefficient (Wildman–Crippen LogP) is 7.16. The zero-order valence-corrected chi connectivity index (χ0v) is 22.6. The highest BCUT2D eigenvalue weighted by atomic mass is 79.9. The molecule has 36 heavy (non-hydrogen) atoms. The largest absolute Gasteiger partial charge is 0.508 e. The van der Waals surface area contributed by atoms with Crippen LogP contribution in [0.15, 0.2) is 65.1 Å². The molecule has 5 N–H and O–H groups in total. The molecule has 2 heterocycles. The minimum absolute atomic E-state index is 0.295. The van der Waals surface area contributed by atoms with Gasteiger partial charge in [0.25, 0.3) is 0 Å². The Morgan fingerprint density at radius 2 is 1.22 bits per heavy atom. The van der Waals surface area contributed by atoms with Crippen molar-refractivity contribution in [1.29, 1.82) is 0 Å². The van der Waals surface area contributed by atoms with Crippen LogP contribution in [0.4, 0.5) is 5.69 Å². The van der Waals surface area contributed by atoms with Crippen LogP contribution < -0.4 is 5.73 Å². The number of nitrogens with zero attached hydrogens (tertiary/aromatic N) is 2. The van der Waals surface area contributed by atoms with Gasteiger partial charge in [-0.15, -0.1) is 0 Å². The SMILES string of the molecule is Cc1cc(N)ccc1O.Cc1ccc2c(Br)c(O)c(C)cc2n1.Cc1ccc2cc(O)c(C)cc2n1.